The highest BCUT2D eigenvalue weighted by Crippen LogP contribution is 2.30. The lowest BCUT2D eigenvalue weighted by molar-refractivity contribution is 0.102. The van der Waals surface area contributed by atoms with E-state index in [-0.39, 0.29) is 11.8 Å². The zero-order valence-corrected chi connectivity index (χ0v) is 33.8. The fourth-order valence-corrected chi connectivity index (χ4v) is 9.12. The number of likely N-dealkylation sites (tertiary alicyclic amines) is 3. The molecule has 3 saturated heterocycles. The van der Waals surface area contributed by atoms with Crippen molar-refractivity contribution in [2.24, 2.45) is 14.1 Å². The smallest absolute Gasteiger partial charge is 0.416 e. The van der Waals surface area contributed by atoms with Gasteiger partial charge in [0.1, 0.15) is 0 Å². The summed E-state index contributed by atoms with van der Waals surface area (Å²) in [7, 11) is 3.79. The van der Waals surface area contributed by atoms with Crippen molar-refractivity contribution in [3.8, 4) is 5.88 Å². The zero-order valence-electron chi connectivity index (χ0n) is 32.2. The number of pyridine rings is 1. The van der Waals surface area contributed by atoms with Crippen molar-refractivity contribution in [1.29, 1.82) is 0 Å². The fraction of sp³-hybridized carbons (Fsp3) is 0.526. The Morgan fingerprint density at radius 2 is 1.55 bits per heavy atom. The number of hydrogen-bond donors (Lipinski definition) is 2. The van der Waals surface area contributed by atoms with E-state index in [1.807, 2.05) is 42.1 Å². The molecule has 0 aliphatic carbocycles. The van der Waals surface area contributed by atoms with Gasteiger partial charge in [0.15, 0.2) is 5.16 Å². The third-order valence-electron chi connectivity index (χ3n) is 10.3. The predicted octanol–water partition coefficient (Wildman–Crippen LogP) is 6.03. The second kappa shape index (κ2) is 20.0. The van der Waals surface area contributed by atoms with Crippen LogP contribution in [0.1, 0.15) is 74.2 Å². The maximum absolute atomic E-state index is 12.8. The Bertz CT molecular complexity index is 1870. The van der Waals surface area contributed by atoms with Crippen molar-refractivity contribution in [2.75, 3.05) is 38.0 Å². The van der Waals surface area contributed by atoms with Crippen molar-refractivity contribution in [3.05, 3.63) is 66.1 Å². The number of nitrogens with one attached hydrogen (secondary N) is 1. The molecule has 3 aromatic heterocycles. The topological polar surface area (TPSA) is 177 Å². The first-order chi connectivity index (χ1) is 27.1. The van der Waals surface area contributed by atoms with Crippen LogP contribution in [0.25, 0.3) is 0 Å². The first kappa shape index (κ1) is 41.0. The molecule has 18 heteroatoms. The lowest BCUT2D eigenvalue weighted by Gasteiger charge is -2.35. The summed E-state index contributed by atoms with van der Waals surface area (Å²) in [6, 6.07) is 11.8. The number of aryl methyl sites for hydroxylation is 2. The Hall–Kier alpha value is -4.68. The summed E-state index contributed by atoms with van der Waals surface area (Å²) in [4.78, 5) is 50.5. The number of rotatable bonds is 10. The summed E-state index contributed by atoms with van der Waals surface area (Å²) < 4.78 is 9.13. The van der Waals surface area contributed by atoms with Crippen molar-refractivity contribution in [3.63, 3.8) is 0 Å². The molecular weight excluding hydrogens is 755 g/mol. The summed E-state index contributed by atoms with van der Waals surface area (Å²) in [6.07, 6.45) is 12.5. The van der Waals surface area contributed by atoms with Crippen LogP contribution in [0.4, 0.5) is 15.3 Å². The van der Waals surface area contributed by atoms with Gasteiger partial charge in [0.2, 0.25) is 11.0 Å². The fourth-order valence-electron chi connectivity index (χ4n) is 7.00. The first-order valence-corrected chi connectivity index (χ1v) is 21.0. The molecule has 1 unspecified atom stereocenters. The van der Waals surface area contributed by atoms with Crippen LogP contribution in [0.15, 0.2) is 65.3 Å². The molecule has 1 aromatic carbocycles. The minimum Gasteiger partial charge on any atom is -0.465 e. The minimum absolute atomic E-state index is 0.200. The van der Waals surface area contributed by atoms with E-state index in [1.54, 1.807) is 58.5 Å². The van der Waals surface area contributed by atoms with Crippen LogP contribution in [0.2, 0.25) is 0 Å². The number of imidazole rings is 1. The largest absolute Gasteiger partial charge is 0.465 e. The number of carbonyl (C=O) groups excluding carboxylic acids is 2. The summed E-state index contributed by atoms with van der Waals surface area (Å²) in [5.74, 6) is 0.00809. The molecule has 2 N–H and O–H groups in total. The average molecular weight is 806 g/mol. The number of anilines is 1. The highest BCUT2D eigenvalue weighted by molar-refractivity contribution is 8.00. The number of hydrogen-bond acceptors (Lipinski definition) is 12. The summed E-state index contributed by atoms with van der Waals surface area (Å²) in [5, 5.41) is 25.5. The Labute approximate surface area is 335 Å². The van der Waals surface area contributed by atoms with Gasteiger partial charge in [-0.25, -0.2) is 24.2 Å². The quantitative estimate of drug-likeness (QED) is 0.190. The van der Waals surface area contributed by atoms with Gasteiger partial charge in [-0.3, -0.25) is 9.69 Å². The Kier molecular flexibility index (Phi) is 14.6. The normalized spacial score (nSPS) is 18.2. The minimum atomic E-state index is -0.830. The molecule has 3 aliphatic rings. The highest BCUT2D eigenvalue weighted by atomic mass is 32.2. The van der Waals surface area contributed by atoms with Gasteiger partial charge in [-0.15, -0.1) is 5.10 Å². The lowest BCUT2D eigenvalue weighted by Crippen LogP contribution is -2.41. The second-order valence-electron chi connectivity index (χ2n) is 14.2. The molecular formula is C38H51N11O5S2. The maximum Gasteiger partial charge on any atom is 0.416 e. The monoisotopic (exact) mass is 805 g/mol. The number of piperidine rings is 3. The van der Waals surface area contributed by atoms with Crippen LogP contribution in [0, 0.1) is 0 Å². The molecule has 16 nitrogen and oxygen atoms in total. The number of nitrogens with zero attached hydrogens (tertiary/aromatic N) is 10. The van der Waals surface area contributed by atoms with Gasteiger partial charge >= 0.3 is 12.2 Å². The number of thioether (sulfide) groups is 2. The highest BCUT2D eigenvalue weighted by Gasteiger charge is 2.27. The van der Waals surface area contributed by atoms with Crippen molar-refractivity contribution < 1.29 is 24.2 Å². The van der Waals surface area contributed by atoms with Gasteiger partial charge in [0, 0.05) is 87.4 Å². The molecule has 4 aromatic rings. The number of amides is 3. The Morgan fingerprint density at radius 1 is 0.857 bits per heavy atom. The van der Waals surface area contributed by atoms with Crippen LogP contribution in [-0.4, -0.2) is 122 Å². The molecule has 6 heterocycles. The second-order valence-corrected chi connectivity index (χ2v) is 16.8. The predicted molar refractivity (Wildman–Crippen MR) is 214 cm³/mol. The third kappa shape index (κ3) is 11.4. The molecule has 3 fully saturated rings. The zero-order chi connectivity index (χ0) is 39.4. The molecule has 0 radical (unpaired) electrons. The van der Waals surface area contributed by atoms with E-state index in [0.717, 1.165) is 49.1 Å². The van der Waals surface area contributed by atoms with Gasteiger partial charge in [-0.05, 0) is 85.7 Å². The maximum atomic E-state index is 12.8. The molecule has 0 spiro atoms. The molecule has 0 bridgehead atoms. The molecule has 300 valence electrons. The Morgan fingerprint density at radius 3 is 2.14 bits per heavy atom. The van der Waals surface area contributed by atoms with Crippen LogP contribution in [-0.2, 0) is 20.6 Å². The van der Waals surface area contributed by atoms with Crippen molar-refractivity contribution >= 4 is 47.3 Å². The number of carbonyl (C=O) groups is 3. The van der Waals surface area contributed by atoms with E-state index in [2.05, 4.69) is 42.6 Å². The van der Waals surface area contributed by atoms with Gasteiger partial charge in [0.05, 0.1) is 11.9 Å². The summed E-state index contributed by atoms with van der Waals surface area (Å²) >= 11 is 3.37. The van der Waals surface area contributed by atoms with Crippen molar-refractivity contribution in [2.45, 2.75) is 91.7 Å². The molecule has 0 saturated carbocycles. The number of aromatic nitrogens is 7. The average Bonchev–Trinajstić information content (AvgIpc) is 3.82. The van der Waals surface area contributed by atoms with E-state index < -0.39 is 12.2 Å². The Balaban J connectivity index is 0.000000277. The molecule has 3 amide bonds. The van der Waals surface area contributed by atoms with E-state index in [0.29, 0.717) is 54.0 Å². The molecule has 3 aliphatic heterocycles. The van der Waals surface area contributed by atoms with Gasteiger partial charge in [-0.2, -0.15) is 0 Å². The van der Waals surface area contributed by atoms with E-state index >= 15 is 0 Å². The number of ether oxygens (including phenoxy) is 1. The molecule has 7 rings (SSSR count). The SMILES string of the molecule is CCC1CCCCN1Cc1ccc(C(=O)Nc2ccc(OC(=O)N3CCC(Sc4nccn4C)CC3)nc2)cc1.Cn1nnnc1SC1CCN(C(=O)O)CC1. The van der Waals surface area contributed by atoms with Crippen molar-refractivity contribution in [1.82, 2.24) is 49.4 Å². The molecule has 56 heavy (non-hydrogen) atoms. The lowest BCUT2D eigenvalue weighted by atomic mass is 9.99. The first-order valence-electron chi connectivity index (χ1n) is 19.2. The standard InChI is InChI=1S/C30H38N6O3S.C8H13N5O2S/c1-3-25-6-4-5-16-36(25)21-22-7-9-23(10-8-22)28(37)33-24-11-12-27(32-20-24)39-30(38)35-17-13-26(14-18-35)40-29-31-15-19-34(29)2;1-12-7(9-10-11-12)16-6-2-4-13(5-3-6)8(14)15/h7-12,15,19-20,25-26H,3-6,13-14,16-18,21H2,1-2H3,(H,33,37);6H,2-5H2,1H3,(H,14,15). The third-order valence-corrected chi connectivity index (χ3v) is 13.1. The number of tetrazole rings is 1. The number of benzene rings is 1. The van der Waals surface area contributed by atoms with Crippen LogP contribution >= 0.6 is 23.5 Å². The van der Waals surface area contributed by atoms with Gasteiger partial charge in [-0.1, -0.05) is 49.0 Å². The van der Waals surface area contributed by atoms with E-state index in [4.69, 9.17) is 9.84 Å². The summed E-state index contributed by atoms with van der Waals surface area (Å²) in [6.45, 7) is 6.78. The van der Waals surface area contributed by atoms with Gasteiger partial charge in [0.25, 0.3) is 5.91 Å². The molecule has 1 atom stereocenters. The van der Waals surface area contributed by atoms with Crippen LogP contribution in [0.3, 0.4) is 0 Å². The summed E-state index contributed by atoms with van der Waals surface area (Å²) in [5.41, 5.74) is 2.36. The number of carboxylic acid groups (broad SMARTS) is 1. The van der Waals surface area contributed by atoms with Gasteiger partial charge < -0.3 is 29.5 Å². The van der Waals surface area contributed by atoms with Crippen LogP contribution < -0.4 is 10.1 Å². The van der Waals surface area contributed by atoms with E-state index in [1.165, 1.54) is 42.3 Å². The van der Waals surface area contributed by atoms with Crippen LogP contribution in [0.5, 0.6) is 5.88 Å². The van der Waals surface area contributed by atoms with E-state index in [9.17, 15) is 14.4 Å².